The second kappa shape index (κ2) is 5.24. The van der Waals surface area contributed by atoms with Crippen LogP contribution in [0.25, 0.3) is 0 Å². The minimum absolute atomic E-state index is 0.434. The lowest BCUT2D eigenvalue weighted by molar-refractivity contribution is -0.275. The van der Waals surface area contributed by atoms with Crippen LogP contribution in [0.1, 0.15) is 17.7 Å². The normalized spacial score (nSPS) is 11.7. The van der Waals surface area contributed by atoms with Gasteiger partial charge in [0.15, 0.2) is 5.75 Å². The second-order valence-corrected chi connectivity index (χ2v) is 3.26. The van der Waals surface area contributed by atoms with Crippen molar-refractivity contribution in [2.45, 2.75) is 19.2 Å². The molecule has 0 radical (unpaired) electrons. The van der Waals surface area contributed by atoms with Gasteiger partial charge in [0.2, 0.25) is 0 Å². The first-order valence-corrected chi connectivity index (χ1v) is 4.58. The van der Waals surface area contributed by atoms with Crippen molar-refractivity contribution in [2.24, 2.45) is 0 Å². The van der Waals surface area contributed by atoms with Gasteiger partial charge < -0.3 is 14.9 Å². The maximum atomic E-state index is 12.5. The van der Waals surface area contributed by atoms with Crippen LogP contribution in [0.2, 0.25) is 0 Å². The van der Waals surface area contributed by atoms with Gasteiger partial charge in [-0.1, -0.05) is 0 Å². The van der Waals surface area contributed by atoms with E-state index in [1.165, 1.54) is 0 Å². The molecule has 0 spiro atoms. The SMILES string of the molecule is O=C(O)Cc1c(O)cnc(C(F)F)c1OC(F)(F)F. The standard InChI is InChI=1S/C9H6F5NO4/c10-8(11)6-7(19-9(12,13)14)3(1-5(17)18)4(16)2-15-6/h2,8,16H,1H2,(H,17,18). The van der Waals surface area contributed by atoms with Crippen LogP contribution in [0.15, 0.2) is 6.20 Å². The number of ether oxygens (including phenoxy) is 1. The van der Waals surface area contributed by atoms with Crippen LogP contribution in [0, 0.1) is 0 Å². The van der Waals surface area contributed by atoms with Crippen LogP contribution in [0.4, 0.5) is 22.0 Å². The fourth-order valence-electron chi connectivity index (χ4n) is 1.25. The molecule has 0 fully saturated rings. The number of carboxylic acid groups (broad SMARTS) is 1. The Morgan fingerprint density at radius 2 is 2.00 bits per heavy atom. The molecular weight excluding hydrogens is 281 g/mol. The number of nitrogens with zero attached hydrogens (tertiary/aromatic N) is 1. The van der Waals surface area contributed by atoms with Crippen molar-refractivity contribution in [2.75, 3.05) is 0 Å². The van der Waals surface area contributed by atoms with E-state index in [2.05, 4.69) is 9.72 Å². The maximum Gasteiger partial charge on any atom is 0.573 e. The quantitative estimate of drug-likeness (QED) is 0.830. The lowest BCUT2D eigenvalue weighted by Crippen LogP contribution is -2.20. The summed E-state index contributed by atoms with van der Waals surface area (Å²) in [6.45, 7) is 0. The average molecular weight is 287 g/mol. The van der Waals surface area contributed by atoms with Crippen molar-refractivity contribution < 1.29 is 41.7 Å². The summed E-state index contributed by atoms with van der Waals surface area (Å²) in [6, 6.07) is 0. The molecule has 0 aromatic carbocycles. The monoisotopic (exact) mass is 287 g/mol. The van der Waals surface area contributed by atoms with Gasteiger partial charge in [0.25, 0.3) is 6.43 Å². The highest BCUT2D eigenvalue weighted by Gasteiger charge is 2.36. The molecule has 0 atom stereocenters. The Morgan fingerprint density at radius 3 is 2.42 bits per heavy atom. The molecule has 1 aromatic heterocycles. The zero-order valence-electron chi connectivity index (χ0n) is 8.91. The first-order valence-electron chi connectivity index (χ1n) is 4.58. The third-order valence-corrected chi connectivity index (χ3v) is 1.89. The molecule has 19 heavy (non-hydrogen) atoms. The minimum Gasteiger partial charge on any atom is -0.506 e. The molecule has 0 unspecified atom stereocenters. The van der Waals surface area contributed by atoms with Crippen molar-refractivity contribution >= 4 is 5.97 Å². The van der Waals surface area contributed by atoms with Gasteiger partial charge in [0, 0.05) is 0 Å². The van der Waals surface area contributed by atoms with E-state index >= 15 is 0 Å². The average Bonchev–Trinajstić information content (AvgIpc) is 2.20. The van der Waals surface area contributed by atoms with Gasteiger partial charge in [0.1, 0.15) is 11.4 Å². The Hall–Kier alpha value is -2.13. The van der Waals surface area contributed by atoms with Crippen LogP contribution in [0.3, 0.4) is 0 Å². The number of hydrogen-bond donors (Lipinski definition) is 2. The molecule has 0 amide bonds. The molecule has 0 aliphatic carbocycles. The Balaban J connectivity index is 3.40. The summed E-state index contributed by atoms with van der Waals surface area (Å²) in [7, 11) is 0. The first-order chi connectivity index (χ1) is 8.61. The number of aliphatic carboxylic acids is 1. The number of carbonyl (C=O) groups is 1. The summed E-state index contributed by atoms with van der Waals surface area (Å²) in [5.74, 6) is -4.11. The molecule has 0 saturated carbocycles. The van der Waals surface area contributed by atoms with Gasteiger partial charge in [-0.2, -0.15) is 0 Å². The Morgan fingerprint density at radius 1 is 1.42 bits per heavy atom. The summed E-state index contributed by atoms with van der Waals surface area (Å²) < 4.78 is 64.7. The highest BCUT2D eigenvalue weighted by molar-refractivity contribution is 5.73. The Bertz CT molecular complexity index is 488. The van der Waals surface area contributed by atoms with Crippen molar-refractivity contribution in [3.63, 3.8) is 0 Å². The molecule has 0 aliphatic rings. The molecular formula is C9H6F5NO4. The van der Waals surface area contributed by atoms with Gasteiger partial charge in [0.05, 0.1) is 18.2 Å². The van der Waals surface area contributed by atoms with E-state index in [1.807, 2.05) is 0 Å². The highest BCUT2D eigenvalue weighted by Crippen LogP contribution is 2.38. The number of hydrogen-bond acceptors (Lipinski definition) is 4. The zero-order valence-corrected chi connectivity index (χ0v) is 8.91. The largest absolute Gasteiger partial charge is 0.573 e. The predicted octanol–water partition coefficient (Wildman–Crippen LogP) is 2.25. The number of aromatic nitrogens is 1. The van der Waals surface area contributed by atoms with E-state index in [4.69, 9.17) is 5.11 Å². The molecule has 106 valence electrons. The van der Waals surface area contributed by atoms with Crippen molar-refractivity contribution in [3.05, 3.63) is 17.5 Å². The second-order valence-electron chi connectivity index (χ2n) is 3.26. The van der Waals surface area contributed by atoms with Crippen molar-refractivity contribution in [1.29, 1.82) is 0 Å². The van der Waals surface area contributed by atoms with Crippen LogP contribution in [-0.4, -0.2) is 27.5 Å². The van der Waals surface area contributed by atoms with Crippen LogP contribution in [-0.2, 0) is 11.2 Å². The smallest absolute Gasteiger partial charge is 0.506 e. The molecule has 0 saturated heterocycles. The molecule has 1 heterocycles. The van der Waals surface area contributed by atoms with E-state index in [-0.39, 0.29) is 0 Å². The fourth-order valence-corrected chi connectivity index (χ4v) is 1.25. The van der Waals surface area contributed by atoms with Gasteiger partial charge in [-0.05, 0) is 0 Å². The van der Waals surface area contributed by atoms with Crippen LogP contribution in [0.5, 0.6) is 11.5 Å². The van der Waals surface area contributed by atoms with E-state index in [1.54, 1.807) is 0 Å². The van der Waals surface area contributed by atoms with E-state index in [9.17, 15) is 31.9 Å². The molecule has 1 rings (SSSR count). The number of pyridine rings is 1. The highest BCUT2D eigenvalue weighted by atomic mass is 19.4. The molecule has 5 nitrogen and oxygen atoms in total. The Kier molecular flexibility index (Phi) is 4.12. The summed E-state index contributed by atoms with van der Waals surface area (Å²) >= 11 is 0. The van der Waals surface area contributed by atoms with Gasteiger partial charge >= 0.3 is 12.3 Å². The number of rotatable bonds is 4. The topological polar surface area (TPSA) is 79.7 Å². The minimum atomic E-state index is -5.33. The van der Waals surface area contributed by atoms with Gasteiger partial charge in [-0.3, -0.25) is 4.79 Å². The zero-order chi connectivity index (χ0) is 14.8. The number of carboxylic acids is 1. The van der Waals surface area contributed by atoms with Crippen molar-refractivity contribution in [3.8, 4) is 11.5 Å². The Labute approximate surface area is 102 Å². The van der Waals surface area contributed by atoms with Gasteiger partial charge in [-0.25, -0.2) is 13.8 Å². The van der Waals surface area contributed by atoms with E-state index in [0.29, 0.717) is 6.20 Å². The first kappa shape index (κ1) is 14.9. The summed E-state index contributed by atoms with van der Waals surface area (Å²) in [5.41, 5.74) is -2.32. The molecule has 2 N–H and O–H groups in total. The van der Waals surface area contributed by atoms with Gasteiger partial charge in [-0.15, -0.1) is 13.2 Å². The summed E-state index contributed by atoms with van der Waals surface area (Å²) in [6.07, 6.45) is -9.44. The maximum absolute atomic E-state index is 12.5. The lowest BCUT2D eigenvalue weighted by atomic mass is 10.1. The number of alkyl halides is 5. The fraction of sp³-hybridized carbons (Fsp3) is 0.333. The van der Waals surface area contributed by atoms with E-state index in [0.717, 1.165) is 0 Å². The molecule has 0 aliphatic heterocycles. The number of aromatic hydroxyl groups is 1. The van der Waals surface area contributed by atoms with Crippen LogP contribution >= 0.6 is 0 Å². The lowest BCUT2D eigenvalue weighted by Gasteiger charge is -2.16. The molecule has 1 aromatic rings. The molecule has 10 heteroatoms. The molecule has 0 bridgehead atoms. The van der Waals surface area contributed by atoms with E-state index < -0.39 is 47.9 Å². The summed E-state index contributed by atoms with van der Waals surface area (Å²) in [4.78, 5) is 13.4. The number of halogens is 5. The predicted molar refractivity (Wildman–Crippen MR) is 48.9 cm³/mol. The third kappa shape index (κ3) is 3.93. The van der Waals surface area contributed by atoms with Crippen LogP contribution < -0.4 is 4.74 Å². The third-order valence-electron chi connectivity index (χ3n) is 1.89. The van der Waals surface area contributed by atoms with Crippen molar-refractivity contribution in [1.82, 2.24) is 4.98 Å². The summed E-state index contributed by atoms with van der Waals surface area (Å²) in [5, 5.41) is 17.7.